The summed E-state index contributed by atoms with van der Waals surface area (Å²) >= 11 is 0. The minimum absolute atomic E-state index is 0. The van der Waals surface area contributed by atoms with Crippen LogP contribution in [-0.2, 0) is 6.54 Å². The predicted molar refractivity (Wildman–Crippen MR) is 82.7 cm³/mol. The molecule has 0 aromatic heterocycles. The van der Waals surface area contributed by atoms with Gasteiger partial charge in [0.2, 0.25) is 0 Å². The van der Waals surface area contributed by atoms with Gasteiger partial charge in [0.15, 0.2) is 0 Å². The van der Waals surface area contributed by atoms with Crippen molar-refractivity contribution in [3.05, 3.63) is 35.9 Å². The Morgan fingerprint density at radius 3 is 2.50 bits per heavy atom. The van der Waals surface area contributed by atoms with Gasteiger partial charge in [-0.3, -0.25) is 4.90 Å². The van der Waals surface area contributed by atoms with E-state index in [1.807, 2.05) is 0 Å². The third-order valence-corrected chi connectivity index (χ3v) is 3.48. The van der Waals surface area contributed by atoms with Crippen LogP contribution in [-0.4, -0.2) is 24.0 Å². The molecule has 1 fully saturated rings. The summed E-state index contributed by atoms with van der Waals surface area (Å²) in [6, 6.07) is 11.5. The zero-order chi connectivity index (χ0) is 11.2. The Bertz CT molecular complexity index is 304. The van der Waals surface area contributed by atoms with Crippen LogP contribution in [0.15, 0.2) is 30.3 Å². The molecule has 1 unspecified atom stereocenters. The third-order valence-electron chi connectivity index (χ3n) is 3.48. The summed E-state index contributed by atoms with van der Waals surface area (Å²) in [5.74, 6) is 0. The summed E-state index contributed by atoms with van der Waals surface area (Å²) in [6.07, 6.45) is 5.18. The van der Waals surface area contributed by atoms with Crippen LogP contribution in [0.3, 0.4) is 0 Å². The first-order valence-electron chi connectivity index (χ1n) is 6.38. The smallest absolute Gasteiger partial charge is 0.0236 e. The van der Waals surface area contributed by atoms with Crippen LogP contribution in [0.1, 0.15) is 31.2 Å². The lowest BCUT2D eigenvalue weighted by molar-refractivity contribution is 0.134. The Hall–Kier alpha value is -0.280. The first-order chi connectivity index (χ1) is 7.90. The van der Waals surface area contributed by atoms with E-state index in [9.17, 15) is 0 Å². The fourth-order valence-electron chi connectivity index (χ4n) is 2.61. The Morgan fingerprint density at radius 2 is 1.83 bits per heavy atom. The van der Waals surface area contributed by atoms with Crippen LogP contribution < -0.4 is 5.73 Å². The summed E-state index contributed by atoms with van der Waals surface area (Å²) < 4.78 is 0. The topological polar surface area (TPSA) is 29.3 Å². The average Bonchev–Trinajstić information content (AvgIpc) is 2.33. The highest BCUT2D eigenvalue weighted by molar-refractivity contribution is 5.85. The second-order valence-corrected chi connectivity index (χ2v) is 4.68. The zero-order valence-corrected chi connectivity index (χ0v) is 12.4. The normalized spacial score (nSPS) is 19.7. The van der Waals surface area contributed by atoms with Crippen molar-refractivity contribution in [2.75, 3.05) is 13.1 Å². The van der Waals surface area contributed by atoms with E-state index < -0.39 is 0 Å². The van der Waals surface area contributed by atoms with Gasteiger partial charge < -0.3 is 5.73 Å². The summed E-state index contributed by atoms with van der Waals surface area (Å²) in [6.45, 7) is 3.14. The molecule has 2 N–H and O–H groups in total. The van der Waals surface area contributed by atoms with Gasteiger partial charge in [0.05, 0.1) is 0 Å². The Morgan fingerprint density at radius 1 is 1.11 bits per heavy atom. The molecular weight excluding hydrogens is 267 g/mol. The largest absolute Gasteiger partial charge is 0.330 e. The molecule has 0 radical (unpaired) electrons. The molecule has 1 saturated heterocycles. The molecule has 2 rings (SSSR count). The van der Waals surface area contributed by atoms with E-state index in [0.717, 1.165) is 19.5 Å². The number of likely N-dealkylation sites (tertiary alicyclic amines) is 1. The predicted octanol–water partition coefficient (Wildman–Crippen LogP) is 3.23. The number of benzene rings is 1. The van der Waals surface area contributed by atoms with Crippen LogP contribution in [0, 0.1) is 0 Å². The third kappa shape index (κ3) is 5.15. The molecule has 0 aliphatic carbocycles. The molecule has 18 heavy (non-hydrogen) atoms. The zero-order valence-electron chi connectivity index (χ0n) is 10.8. The molecule has 1 atom stereocenters. The van der Waals surface area contributed by atoms with Gasteiger partial charge in [-0.15, -0.1) is 24.8 Å². The Balaban J connectivity index is 0.00000144. The van der Waals surface area contributed by atoms with Gasteiger partial charge in [-0.25, -0.2) is 0 Å². The molecule has 0 amide bonds. The maximum Gasteiger partial charge on any atom is 0.0236 e. The number of halogens is 2. The number of nitrogens with zero attached hydrogens (tertiary/aromatic N) is 1. The summed E-state index contributed by atoms with van der Waals surface area (Å²) in [7, 11) is 0. The molecule has 104 valence electrons. The highest BCUT2D eigenvalue weighted by Gasteiger charge is 2.21. The number of hydrogen-bond donors (Lipinski definition) is 1. The molecular formula is C14H24Cl2N2. The lowest BCUT2D eigenvalue weighted by Crippen LogP contribution is -2.40. The van der Waals surface area contributed by atoms with Crippen LogP contribution >= 0.6 is 24.8 Å². The second kappa shape index (κ2) is 9.62. The second-order valence-electron chi connectivity index (χ2n) is 4.68. The Kier molecular flexibility index (Phi) is 9.47. The highest BCUT2D eigenvalue weighted by atomic mass is 35.5. The summed E-state index contributed by atoms with van der Waals surface area (Å²) in [5, 5.41) is 0. The quantitative estimate of drug-likeness (QED) is 0.923. The van der Waals surface area contributed by atoms with Gasteiger partial charge in [0.25, 0.3) is 0 Å². The molecule has 1 aromatic carbocycles. The Labute approximate surface area is 123 Å². The van der Waals surface area contributed by atoms with E-state index in [1.165, 1.54) is 31.4 Å². The standard InChI is InChI=1S/C14H22N2.2ClH/c15-10-9-14-8-4-5-11-16(14)12-13-6-2-1-3-7-13;;/h1-3,6-7,14H,4-5,8-12,15H2;2*1H. The lowest BCUT2D eigenvalue weighted by atomic mass is 9.98. The van der Waals surface area contributed by atoms with Crippen molar-refractivity contribution in [1.29, 1.82) is 0 Å². The SMILES string of the molecule is Cl.Cl.NCCC1CCCCN1Cc1ccccc1. The minimum atomic E-state index is 0. The van der Waals surface area contributed by atoms with Crippen LogP contribution in [0.4, 0.5) is 0 Å². The number of hydrogen-bond acceptors (Lipinski definition) is 2. The van der Waals surface area contributed by atoms with Crippen molar-refractivity contribution >= 4 is 24.8 Å². The van der Waals surface area contributed by atoms with Crippen molar-refractivity contribution < 1.29 is 0 Å². The molecule has 1 aromatic rings. The van der Waals surface area contributed by atoms with E-state index in [-0.39, 0.29) is 24.8 Å². The van der Waals surface area contributed by atoms with Crippen molar-refractivity contribution in [3.8, 4) is 0 Å². The molecule has 0 saturated carbocycles. The molecule has 1 heterocycles. The van der Waals surface area contributed by atoms with Gasteiger partial charge in [-0.05, 0) is 37.9 Å². The van der Waals surface area contributed by atoms with Crippen LogP contribution in [0.5, 0.6) is 0 Å². The first kappa shape index (κ1) is 17.7. The molecule has 1 aliphatic heterocycles. The van der Waals surface area contributed by atoms with Gasteiger partial charge in [-0.1, -0.05) is 36.8 Å². The molecule has 1 aliphatic rings. The van der Waals surface area contributed by atoms with Crippen molar-refractivity contribution in [3.63, 3.8) is 0 Å². The molecule has 0 bridgehead atoms. The van der Waals surface area contributed by atoms with Crippen molar-refractivity contribution in [2.24, 2.45) is 5.73 Å². The van der Waals surface area contributed by atoms with Crippen LogP contribution in [0.2, 0.25) is 0 Å². The van der Waals surface area contributed by atoms with Crippen molar-refractivity contribution in [2.45, 2.75) is 38.3 Å². The van der Waals surface area contributed by atoms with Crippen LogP contribution in [0.25, 0.3) is 0 Å². The minimum Gasteiger partial charge on any atom is -0.330 e. The van der Waals surface area contributed by atoms with E-state index in [1.54, 1.807) is 0 Å². The van der Waals surface area contributed by atoms with Crippen molar-refractivity contribution in [1.82, 2.24) is 4.90 Å². The van der Waals surface area contributed by atoms with E-state index in [2.05, 4.69) is 35.2 Å². The molecule has 4 heteroatoms. The maximum absolute atomic E-state index is 5.69. The number of nitrogens with two attached hydrogens (primary N) is 1. The van der Waals surface area contributed by atoms with Gasteiger partial charge in [0.1, 0.15) is 0 Å². The highest BCUT2D eigenvalue weighted by Crippen LogP contribution is 2.21. The first-order valence-corrected chi connectivity index (χ1v) is 6.38. The van der Waals surface area contributed by atoms with Gasteiger partial charge >= 0.3 is 0 Å². The van der Waals surface area contributed by atoms with Gasteiger partial charge in [-0.2, -0.15) is 0 Å². The fourth-order valence-corrected chi connectivity index (χ4v) is 2.61. The number of piperidine rings is 1. The van der Waals surface area contributed by atoms with E-state index >= 15 is 0 Å². The summed E-state index contributed by atoms with van der Waals surface area (Å²) in [5.41, 5.74) is 7.11. The van der Waals surface area contributed by atoms with E-state index in [4.69, 9.17) is 5.73 Å². The van der Waals surface area contributed by atoms with Gasteiger partial charge in [0, 0.05) is 12.6 Å². The lowest BCUT2D eigenvalue weighted by Gasteiger charge is -2.35. The molecule has 2 nitrogen and oxygen atoms in total. The summed E-state index contributed by atoms with van der Waals surface area (Å²) in [4.78, 5) is 2.60. The number of rotatable bonds is 4. The maximum atomic E-state index is 5.69. The van der Waals surface area contributed by atoms with E-state index in [0.29, 0.717) is 6.04 Å². The average molecular weight is 291 g/mol. The molecule has 0 spiro atoms. The fraction of sp³-hybridized carbons (Fsp3) is 0.571. The monoisotopic (exact) mass is 290 g/mol.